The van der Waals surface area contributed by atoms with Gasteiger partial charge in [-0.15, -0.1) is 0 Å². The molecule has 1 rings (SSSR count). The SMILES string of the molecule is CCc1cccc(=O)o1. The van der Waals surface area contributed by atoms with E-state index >= 15 is 0 Å². The van der Waals surface area contributed by atoms with Crippen LogP contribution in [0.1, 0.15) is 12.7 Å². The van der Waals surface area contributed by atoms with E-state index in [-0.39, 0.29) is 5.63 Å². The van der Waals surface area contributed by atoms with Crippen LogP contribution in [0, 0.1) is 0 Å². The first-order valence-corrected chi connectivity index (χ1v) is 2.92. The van der Waals surface area contributed by atoms with E-state index in [0.29, 0.717) is 0 Å². The van der Waals surface area contributed by atoms with E-state index < -0.39 is 0 Å². The molecule has 0 saturated heterocycles. The van der Waals surface area contributed by atoms with Gasteiger partial charge in [-0.1, -0.05) is 13.0 Å². The zero-order chi connectivity index (χ0) is 6.69. The molecule has 0 aromatic carbocycles. The summed E-state index contributed by atoms with van der Waals surface area (Å²) < 4.78 is 4.77. The minimum absolute atomic E-state index is 0.269. The molecule has 0 fully saturated rings. The Morgan fingerprint density at radius 3 is 2.78 bits per heavy atom. The minimum atomic E-state index is -0.269. The van der Waals surface area contributed by atoms with Crippen LogP contribution in [0.3, 0.4) is 0 Å². The van der Waals surface area contributed by atoms with Gasteiger partial charge in [0.05, 0.1) is 0 Å². The number of rotatable bonds is 1. The molecule has 0 radical (unpaired) electrons. The normalized spacial score (nSPS) is 9.44. The summed E-state index contributed by atoms with van der Waals surface area (Å²) in [5.74, 6) is 0.738. The van der Waals surface area contributed by atoms with Gasteiger partial charge in [0.2, 0.25) is 0 Å². The summed E-state index contributed by atoms with van der Waals surface area (Å²) in [5, 5.41) is 0. The summed E-state index contributed by atoms with van der Waals surface area (Å²) in [4.78, 5) is 10.5. The molecule has 9 heavy (non-hydrogen) atoms. The van der Waals surface area contributed by atoms with Crippen LogP contribution >= 0.6 is 0 Å². The molecule has 0 aliphatic carbocycles. The lowest BCUT2D eigenvalue weighted by molar-refractivity contribution is 0.464. The summed E-state index contributed by atoms with van der Waals surface area (Å²) in [7, 11) is 0. The Morgan fingerprint density at radius 1 is 1.56 bits per heavy atom. The summed E-state index contributed by atoms with van der Waals surface area (Å²) in [6.07, 6.45) is 0.774. The third-order valence-electron chi connectivity index (χ3n) is 1.09. The lowest BCUT2D eigenvalue weighted by Gasteiger charge is -1.89. The van der Waals surface area contributed by atoms with Gasteiger partial charge in [0.1, 0.15) is 5.76 Å². The number of aryl methyl sites for hydroxylation is 1. The molecule has 0 aliphatic rings. The van der Waals surface area contributed by atoms with Gasteiger partial charge >= 0.3 is 5.63 Å². The monoisotopic (exact) mass is 124 g/mol. The molecule has 0 saturated carbocycles. The van der Waals surface area contributed by atoms with Gasteiger partial charge in [-0.2, -0.15) is 0 Å². The lowest BCUT2D eigenvalue weighted by atomic mass is 10.3. The van der Waals surface area contributed by atoms with Crippen molar-refractivity contribution in [1.29, 1.82) is 0 Å². The Labute approximate surface area is 53.1 Å². The molecule has 2 nitrogen and oxygen atoms in total. The first-order chi connectivity index (χ1) is 4.33. The van der Waals surface area contributed by atoms with Crippen molar-refractivity contribution >= 4 is 0 Å². The zero-order valence-corrected chi connectivity index (χ0v) is 5.26. The van der Waals surface area contributed by atoms with Crippen molar-refractivity contribution in [2.24, 2.45) is 0 Å². The van der Waals surface area contributed by atoms with Crippen LogP contribution in [0.2, 0.25) is 0 Å². The number of hydrogen-bond acceptors (Lipinski definition) is 2. The fourth-order valence-corrected chi connectivity index (χ4v) is 0.621. The second-order valence-corrected chi connectivity index (χ2v) is 1.77. The zero-order valence-electron chi connectivity index (χ0n) is 5.26. The summed E-state index contributed by atoms with van der Waals surface area (Å²) in [6, 6.07) is 4.89. The van der Waals surface area contributed by atoms with Crippen LogP contribution in [0.5, 0.6) is 0 Å². The smallest absolute Gasteiger partial charge is 0.335 e. The maximum absolute atomic E-state index is 10.5. The topological polar surface area (TPSA) is 30.2 Å². The van der Waals surface area contributed by atoms with Gasteiger partial charge in [0.15, 0.2) is 0 Å². The van der Waals surface area contributed by atoms with Gasteiger partial charge < -0.3 is 4.42 Å². The molecule has 1 heterocycles. The minimum Gasteiger partial charge on any atom is -0.428 e. The molecule has 0 amide bonds. The Bertz CT molecular complexity index is 237. The van der Waals surface area contributed by atoms with Crippen molar-refractivity contribution in [1.82, 2.24) is 0 Å². The van der Waals surface area contributed by atoms with Crippen LogP contribution < -0.4 is 5.63 Å². The van der Waals surface area contributed by atoms with Gasteiger partial charge in [-0.05, 0) is 6.07 Å². The quantitative estimate of drug-likeness (QED) is 0.563. The highest BCUT2D eigenvalue weighted by Gasteiger charge is 1.88. The number of hydrogen-bond donors (Lipinski definition) is 0. The molecule has 0 N–H and O–H groups in total. The van der Waals surface area contributed by atoms with Crippen molar-refractivity contribution in [3.63, 3.8) is 0 Å². The third kappa shape index (κ3) is 1.42. The Kier molecular flexibility index (Phi) is 1.68. The van der Waals surface area contributed by atoms with Crippen LogP contribution in [-0.2, 0) is 6.42 Å². The third-order valence-corrected chi connectivity index (χ3v) is 1.09. The van der Waals surface area contributed by atoms with E-state index in [1.165, 1.54) is 6.07 Å². The molecule has 2 heteroatoms. The van der Waals surface area contributed by atoms with Crippen LogP contribution in [0.4, 0.5) is 0 Å². The first kappa shape index (κ1) is 6.08. The Hall–Kier alpha value is -1.05. The predicted octanol–water partition coefficient (Wildman–Crippen LogP) is 1.20. The van der Waals surface area contributed by atoms with Gasteiger partial charge in [-0.3, -0.25) is 0 Å². The lowest BCUT2D eigenvalue weighted by Crippen LogP contribution is -1.96. The molecule has 0 unspecified atom stereocenters. The average Bonchev–Trinajstić information content (AvgIpc) is 1.88. The van der Waals surface area contributed by atoms with E-state index in [9.17, 15) is 4.79 Å². The predicted molar refractivity (Wildman–Crippen MR) is 34.4 cm³/mol. The summed E-state index contributed by atoms with van der Waals surface area (Å²) >= 11 is 0. The molecular formula is C7H8O2. The molecule has 0 spiro atoms. The van der Waals surface area contributed by atoms with Crippen LogP contribution in [0.25, 0.3) is 0 Å². The largest absolute Gasteiger partial charge is 0.428 e. The molecule has 48 valence electrons. The van der Waals surface area contributed by atoms with Crippen LogP contribution in [-0.4, -0.2) is 0 Å². The van der Waals surface area contributed by atoms with Gasteiger partial charge in [-0.25, -0.2) is 4.79 Å². The van der Waals surface area contributed by atoms with E-state index in [4.69, 9.17) is 4.42 Å². The Morgan fingerprint density at radius 2 is 2.33 bits per heavy atom. The molecule has 1 aromatic heterocycles. The fraction of sp³-hybridized carbons (Fsp3) is 0.286. The van der Waals surface area contributed by atoms with Crippen molar-refractivity contribution < 1.29 is 4.42 Å². The van der Waals surface area contributed by atoms with Crippen molar-refractivity contribution in [2.45, 2.75) is 13.3 Å². The van der Waals surface area contributed by atoms with Gasteiger partial charge in [0, 0.05) is 12.5 Å². The van der Waals surface area contributed by atoms with E-state index in [2.05, 4.69) is 0 Å². The fourth-order valence-electron chi connectivity index (χ4n) is 0.621. The first-order valence-electron chi connectivity index (χ1n) is 2.92. The highest BCUT2D eigenvalue weighted by atomic mass is 16.4. The average molecular weight is 124 g/mol. The maximum atomic E-state index is 10.5. The molecule has 0 aliphatic heterocycles. The van der Waals surface area contributed by atoms with Crippen molar-refractivity contribution in [2.75, 3.05) is 0 Å². The molecule has 1 aromatic rings. The van der Waals surface area contributed by atoms with E-state index in [0.717, 1.165) is 12.2 Å². The van der Waals surface area contributed by atoms with E-state index in [1.54, 1.807) is 12.1 Å². The molecule has 0 atom stereocenters. The van der Waals surface area contributed by atoms with E-state index in [1.807, 2.05) is 6.92 Å². The van der Waals surface area contributed by atoms with Crippen molar-refractivity contribution in [3.8, 4) is 0 Å². The summed E-state index contributed by atoms with van der Waals surface area (Å²) in [6.45, 7) is 1.94. The van der Waals surface area contributed by atoms with Crippen molar-refractivity contribution in [3.05, 3.63) is 34.4 Å². The standard InChI is InChI=1S/C7H8O2/c1-2-6-4-3-5-7(8)9-6/h3-5H,2H2,1H3. The highest BCUT2D eigenvalue weighted by molar-refractivity contribution is 4.98. The second-order valence-electron chi connectivity index (χ2n) is 1.77. The summed E-state index contributed by atoms with van der Waals surface area (Å²) in [5.41, 5.74) is -0.269. The van der Waals surface area contributed by atoms with Crippen LogP contribution in [0.15, 0.2) is 27.4 Å². The maximum Gasteiger partial charge on any atom is 0.335 e. The second kappa shape index (κ2) is 2.49. The molecule has 0 bridgehead atoms. The molecular weight excluding hydrogens is 116 g/mol. The van der Waals surface area contributed by atoms with Gasteiger partial charge in [0.25, 0.3) is 0 Å². The Balaban J connectivity index is 3.08. The highest BCUT2D eigenvalue weighted by Crippen LogP contribution is 1.92.